The van der Waals surface area contributed by atoms with Crippen molar-refractivity contribution in [1.29, 1.82) is 0 Å². The van der Waals surface area contributed by atoms with E-state index in [0.29, 0.717) is 6.61 Å². The Bertz CT molecular complexity index is 69.3. The molecule has 0 heterocycles. The first-order chi connectivity index (χ1) is 4.18. The van der Waals surface area contributed by atoms with Gasteiger partial charge in [0.05, 0.1) is 13.3 Å². The van der Waals surface area contributed by atoms with Crippen LogP contribution in [0.2, 0.25) is 0 Å². The fourth-order valence-corrected chi connectivity index (χ4v) is 0.584. The second kappa shape index (κ2) is 3.83. The van der Waals surface area contributed by atoms with Crippen LogP contribution in [0.5, 0.6) is 0 Å². The van der Waals surface area contributed by atoms with E-state index in [-0.39, 0.29) is 12.1 Å². The summed E-state index contributed by atoms with van der Waals surface area (Å²) in [6, 6.07) is 0. The van der Waals surface area contributed by atoms with Crippen LogP contribution in [0.15, 0.2) is 0 Å². The minimum atomic E-state index is -0.294. The molecule has 1 nitrogen and oxygen atoms in total. The van der Waals surface area contributed by atoms with Gasteiger partial charge in [-0.1, -0.05) is 13.8 Å². The van der Waals surface area contributed by atoms with Gasteiger partial charge in [-0.05, 0) is 6.42 Å². The van der Waals surface area contributed by atoms with Crippen LogP contribution in [0.1, 0.15) is 20.3 Å². The van der Waals surface area contributed by atoms with Gasteiger partial charge in [-0.15, -0.1) is 0 Å². The van der Waals surface area contributed by atoms with E-state index < -0.39 is 0 Å². The van der Waals surface area contributed by atoms with Gasteiger partial charge >= 0.3 is 0 Å². The zero-order valence-corrected chi connectivity index (χ0v) is 6.41. The number of hydrogen-bond donors (Lipinski definition) is 0. The number of alkyl halides is 1. The number of halogens is 1. The highest BCUT2D eigenvalue weighted by atomic mass is 19.1. The van der Waals surface area contributed by atoms with Gasteiger partial charge in [0, 0.05) is 12.5 Å². The maximum atomic E-state index is 12.1. The summed E-state index contributed by atoms with van der Waals surface area (Å²) in [6.45, 7) is 4.08. The fraction of sp³-hybridized carbons (Fsp3) is 1.00. The van der Waals surface area contributed by atoms with Crippen LogP contribution in [0.4, 0.5) is 4.39 Å². The lowest BCUT2D eigenvalue weighted by Gasteiger charge is -2.22. The topological polar surface area (TPSA) is 9.23 Å². The maximum absolute atomic E-state index is 12.1. The molecule has 0 aromatic rings. The first kappa shape index (κ1) is 8.89. The van der Waals surface area contributed by atoms with Crippen molar-refractivity contribution in [2.24, 2.45) is 5.41 Å². The molecule has 1 atom stereocenters. The molecule has 0 saturated carbocycles. The van der Waals surface area contributed by atoms with E-state index in [1.807, 2.05) is 13.8 Å². The van der Waals surface area contributed by atoms with Crippen LogP contribution in [0.25, 0.3) is 0 Å². The number of ether oxygens (including phenoxy) is 1. The van der Waals surface area contributed by atoms with Crippen LogP contribution >= 0.6 is 0 Å². The Morgan fingerprint density at radius 1 is 1.56 bits per heavy atom. The summed E-state index contributed by atoms with van der Waals surface area (Å²) in [4.78, 5) is 0. The maximum Gasteiger partial charge on any atom is 0.0969 e. The Hall–Kier alpha value is -0.110. The van der Waals surface area contributed by atoms with Crippen LogP contribution in [-0.2, 0) is 4.74 Å². The molecule has 0 aliphatic rings. The third-order valence-electron chi connectivity index (χ3n) is 1.67. The normalized spacial score (nSPS) is 17.3. The molecule has 0 aromatic carbocycles. The Balaban J connectivity index is 3.62. The van der Waals surface area contributed by atoms with Gasteiger partial charge in [0.15, 0.2) is 0 Å². The van der Waals surface area contributed by atoms with E-state index in [9.17, 15) is 4.39 Å². The Labute approximate surface area is 56.2 Å². The molecule has 0 amide bonds. The van der Waals surface area contributed by atoms with Crippen LogP contribution in [-0.4, -0.2) is 20.4 Å². The summed E-state index contributed by atoms with van der Waals surface area (Å²) in [7, 11) is 1.60. The van der Waals surface area contributed by atoms with Crippen LogP contribution in [0.3, 0.4) is 0 Å². The predicted octanol–water partition coefficient (Wildman–Crippen LogP) is 2.02. The molecule has 1 unspecified atom stereocenters. The second-order valence-corrected chi connectivity index (χ2v) is 2.73. The molecule has 0 radical (unpaired) electrons. The average Bonchev–Trinajstić information content (AvgIpc) is 1.89. The molecule has 0 bridgehead atoms. The minimum absolute atomic E-state index is 0.255. The predicted molar refractivity (Wildman–Crippen MR) is 36.2 cm³/mol. The summed E-state index contributed by atoms with van der Waals surface area (Å²) >= 11 is 0. The summed E-state index contributed by atoms with van der Waals surface area (Å²) < 4.78 is 17.0. The van der Waals surface area contributed by atoms with Gasteiger partial charge < -0.3 is 4.74 Å². The van der Waals surface area contributed by atoms with E-state index in [4.69, 9.17) is 4.74 Å². The van der Waals surface area contributed by atoms with Crippen LogP contribution in [0, 0.1) is 5.41 Å². The fourth-order valence-electron chi connectivity index (χ4n) is 0.584. The van der Waals surface area contributed by atoms with Crippen molar-refractivity contribution in [3.63, 3.8) is 0 Å². The summed E-state index contributed by atoms with van der Waals surface area (Å²) in [5, 5.41) is 0. The van der Waals surface area contributed by atoms with Crippen molar-refractivity contribution in [2.45, 2.75) is 20.3 Å². The first-order valence-corrected chi connectivity index (χ1v) is 3.23. The molecule has 0 saturated heterocycles. The Morgan fingerprint density at radius 2 is 2.11 bits per heavy atom. The first-order valence-electron chi connectivity index (χ1n) is 3.23. The monoisotopic (exact) mass is 134 g/mol. The van der Waals surface area contributed by atoms with Gasteiger partial charge in [-0.2, -0.15) is 0 Å². The minimum Gasteiger partial charge on any atom is -0.384 e. The van der Waals surface area contributed by atoms with E-state index in [2.05, 4.69) is 0 Å². The van der Waals surface area contributed by atoms with Gasteiger partial charge in [0.1, 0.15) is 0 Å². The largest absolute Gasteiger partial charge is 0.384 e. The summed E-state index contributed by atoms with van der Waals surface area (Å²) in [5.74, 6) is 0. The lowest BCUT2D eigenvalue weighted by Crippen LogP contribution is -2.23. The van der Waals surface area contributed by atoms with Crippen molar-refractivity contribution in [1.82, 2.24) is 0 Å². The molecule has 0 spiro atoms. The quantitative estimate of drug-likeness (QED) is 0.571. The number of methoxy groups -OCH3 is 1. The van der Waals surface area contributed by atoms with Gasteiger partial charge in [-0.3, -0.25) is 4.39 Å². The van der Waals surface area contributed by atoms with Crippen molar-refractivity contribution in [2.75, 3.05) is 20.4 Å². The zero-order valence-electron chi connectivity index (χ0n) is 6.41. The van der Waals surface area contributed by atoms with E-state index in [1.165, 1.54) is 0 Å². The summed E-state index contributed by atoms with van der Waals surface area (Å²) in [6.07, 6.45) is 0.831. The van der Waals surface area contributed by atoms with E-state index >= 15 is 0 Å². The highest BCUT2D eigenvalue weighted by molar-refractivity contribution is 4.69. The third-order valence-corrected chi connectivity index (χ3v) is 1.67. The average molecular weight is 134 g/mol. The zero-order chi connectivity index (χ0) is 7.33. The molecule has 2 heteroatoms. The SMILES string of the molecule is CCC(C)(CF)COC. The summed E-state index contributed by atoms with van der Waals surface area (Å²) in [5.41, 5.74) is -0.255. The molecule has 0 aliphatic carbocycles. The standard InChI is InChI=1S/C7H15FO/c1-4-7(2,5-8)6-9-3/h4-6H2,1-3H3. The van der Waals surface area contributed by atoms with Crippen molar-refractivity contribution in [3.05, 3.63) is 0 Å². The Morgan fingerprint density at radius 3 is 2.22 bits per heavy atom. The molecule has 0 N–H and O–H groups in total. The second-order valence-electron chi connectivity index (χ2n) is 2.73. The lowest BCUT2D eigenvalue weighted by atomic mass is 9.91. The molecule has 0 rings (SSSR count). The molecule has 56 valence electrons. The van der Waals surface area contributed by atoms with Gasteiger partial charge in [-0.25, -0.2) is 0 Å². The highest BCUT2D eigenvalue weighted by Gasteiger charge is 2.21. The van der Waals surface area contributed by atoms with Gasteiger partial charge in [0.25, 0.3) is 0 Å². The number of hydrogen-bond acceptors (Lipinski definition) is 1. The van der Waals surface area contributed by atoms with E-state index in [1.54, 1.807) is 7.11 Å². The number of rotatable bonds is 4. The lowest BCUT2D eigenvalue weighted by molar-refractivity contribution is 0.0685. The van der Waals surface area contributed by atoms with Crippen LogP contribution < -0.4 is 0 Å². The van der Waals surface area contributed by atoms with Crippen molar-refractivity contribution < 1.29 is 9.13 Å². The molecule has 0 fully saturated rings. The van der Waals surface area contributed by atoms with Gasteiger partial charge in [0.2, 0.25) is 0 Å². The molecular weight excluding hydrogens is 119 g/mol. The molecule has 9 heavy (non-hydrogen) atoms. The van der Waals surface area contributed by atoms with Crippen molar-refractivity contribution in [3.8, 4) is 0 Å². The third kappa shape index (κ3) is 2.80. The molecule has 0 aromatic heterocycles. The smallest absolute Gasteiger partial charge is 0.0969 e. The molecule has 0 aliphatic heterocycles. The highest BCUT2D eigenvalue weighted by Crippen LogP contribution is 2.21. The van der Waals surface area contributed by atoms with Crippen molar-refractivity contribution >= 4 is 0 Å². The van der Waals surface area contributed by atoms with E-state index in [0.717, 1.165) is 6.42 Å². The Kier molecular flexibility index (Phi) is 3.78. The molecular formula is C7H15FO.